The van der Waals surface area contributed by atoms with Gasteiger partial charge in [0.05, 0.1) is 13.2 Å². The van der Waals surface area contributed by atoms with Crippen molar-refractivity contribution >= 4 is 5.97 Å². The third-order valence-electron chi connectivity index (χ3n) is 6.42. The van der Waals surface area contributed by atoms with Crippen LogP contribution in [0.3, 0.4) is 0 Å². The van der Waals surface area contributed by atoms with Gasteiger partial charge in [0.25, 0.3) is 0 Å². The zero-order valence-electron chi connectivity index (χ0n) is 19.2. The van der Waals surface area contributed by atoms with Gasteiger partial charge in [0.15, 0.2) is 0 Å². The highest BCUT2D eigenvalue weighted by Gasteiger charge is 2.35. The molecule has 3 rings (SSSR count). The Labute approximate surface area is 186 Å². The fourth-order valence-electron chi connectivity index (χ4n) is 4.30. The van der Waals surface area contributed by atoms with Crippen molar-refractivity contribution in [3.05, 3.63) is 58.4 Å². The molecule has 0 saturated heterocycles. The number of esters is 1. The predicted octanol–water partition coefficient (Wildman–Crippen LogP) is 5.38. The van der Waals surface area contributed by atoms with E-state index in [0.717, 1.165) is 54.9 Å². The number of hydrogen-bond donors (Lipinski definition) is 0. The van der Waals surface area contributed by atoms with Gasteiger partial charge < -0.3 is 9.47 Å². The lowest BCUT2D eigenvalue weighted by Crippen LogP contribution is -2.32. The molecular weight excluding hydrogens is 386 g/mol. The van der Waals surface area contributed by atoms with Crippen LogP contribution in [0, 0.1) is 11.8 Å². The number of benzene rings is 1. The van der Waals surface area contributed by atoms with Crippen molar-refractivity contribution in [3.63, 3.8) is 0 Å². The maximum absolute atomic E-state index is 11.5. The lowest BCUT2D eigenvalue weighted by Gasteiger charge is -2.38. The summed E-state index contributed by atoms with van der Waals surface area (Å²) >= 11 is 0. The van der Waals surface area contributed by atoms with E-state index < -0.39 is 0 Å². The standard InChI is InChI=1S/C27H33NO3/c1-5-21-18-25-24(27(6-2,7-3)15-16-31-25)17-22(21)11-13-23-12-9-20(19-28-23)10-14-26(29)30-8-4/h9,12,17-19H,5-8,10,14-16H2,1-4H3. The molecule has 1 aromatic heterocycles. The van der Waals surface area contributed by atoms with Crippen molar-refractivity contribution in [2.75, 3.05) is 13.2 Å². The van der Waals surface area contributed by atoms with Crippen LogP contribution in [0.2, 0.25) is 0 Å². The third-order valence-corrected chi connectivity index (χ3v) is 6.42. The molecular formula is C27H33NO3. The van der Waals surface area contributed by atoms with Gasteiger partial charge in [0.2, 0.25) is 0 Å². The van der Waals surface area contributed by atoms with Crippen LogP contribution < -0.4 is 4.74 Å². The molecule has 1 aliphatic heterocycles. The quantitative estimate of drug-likeness (QED) is 0.447. The van der Waals surface area contributed by atoms with Crippen LogP contribution in [0.25, 0.3) is 0 Å². The monoisotopic (exact) mass is 419 g/mol. The molecule has 0 unspecified atom stereocenters. The minimum absolute atomic E-state index is 0.176. The van der Waals surface area contributed by atoms with Gasteiger partial charge in [-0.05, 0) is 74.3 Å². The Kier molecular flexibility index (Phi) is 7.74. The van der Waals surface area contributed by atoms with E-state index in [1.165, 1.54) is 11.1 Å². The van der Waals surface area contributed by atoms with Crippen LogP contribution in [0.4, 0.5) is 0 Å². The Morgan fingerprint density at radius 1 is 1.16 bits per heavy atom. The summed E-state index contributed by atoms with van der Waals surface area (Å²) in [6.07, 6.45) is 6.96. The number of aromatic nitrogens is 1. The number of rotatable bonds is 7. The smallest absolute Gasteiger partial charge is 0.306 e. The van der Waals surface area contributed by atoms with Crippen LogP contribution >= 0.6 is 0 Å². The van der Waals surface area contributed by atoms with E-state index in [4.69, 9.17) is 9.47 Å². The van der Waals surface area contributed by atoms with E-state index in [1.807, 2.05) is 19.1 Å². The average molecular weight is 420 g/mol. The second-order valence-corrected chi connectivity index (χ2v) is 8.05. The van der Waals surface area contributed by atoms with Crippen molar-refractivity contribution in [1.29, 1.82) is 0 Å². The highest BCUT2D eigenvalue weighted by Crippen LogP contribution is 2.44. The zero-order chi connectivity index (χ0) is 22.3. The summed E-state index contributed by atoms with van der Waals surface area (Å²) in [4.78, 5) is 16.0. The van der Waals surface area contributed by atoms with E-state index in [1.54, 1.807) is 6.20 Å². The van der Waals surface area contributed by atoms with E-state index >= 15 is 0 Å². The molecule has 0 radical (unpaired) electrons. The second-order valence-electron chi connectivity index (χ2n) is 8.05. The van der Waals surface area contributed by atoms with Crippen LogP contribution in [0.1, 0.15) is 81.3 Å². The van der Waals surface area contributed by atoms with Crippen LogP contribution in [-0.4, -0.2) is 24.2 Å². The summed E-state index contributed by atoms with van der Waals surface area (Å²) in [6.45, 7) is 9.71. The first kappa shape index (κ1) is 22.9. The number of pyridine rings is 1. The second kappa shape index (κ2) is 10.5. The Bertz CT molecular complexity index is 962. The maximum atomic E-state index is 11.5. The first-order valence-electron chi connectivity index (χ1n) is 11.5. The number of aryl methyl sites for hydroxylation is 2. The van der Waals surface area contributed by atoms with Gasteiger partial charge in [0, 0.05) is 29.2 Å². The van der Waals surface area contributed by atoms with Crippen LogP contribution in [0.15, 0.2) is 30.5 Å². The van der Waals surface area contributed by atoms with Gasteiger partial charge in [-0.1, -0.05) is 32.8 Å². The molecule has 0 amide bonds. The number of ether oxygens (including phenoxy) is 2. The van der Waals surface area contributed by atoms with Crippen LogP contribution in [0.5, 0.6) is 5.75 Å². The largest absolute Gasteiger partial charge is 0.493 e. The van der Waals surface area contributed by atoms with Gasteiger partial charge in [0.1, 0.15) is 11.4 Å². The van der Waals surface area contributed by atoms with Crippen LogP contribution in [-0.2, 0) is 27.8 Å². The predicted molar refractivity (Wildman–Crippen MR) is 123 cm³/mol. The SMILES string of the molecule is CCOC(=O)CCc1ccc(C#Cc2cc3c(cc2CC)OCCC3(CC)CC)nc1. The molecule has 0 saturated carbocycles. The van der Waals surface area contributed by atoms with Crippen molar-refractivity contribution in [2.45, 2.75) is 71.6 Å². The van der Waals surface area contributed by atoms with Crippen molar-refractivity contribution in [3.8, 4) is 17.6 Å². The number of carbonyl (C=O) groups excluding carboxylic acids is 1. The normalized spacial score (nSPS) is 14.1. The molecule has 1 aromatic carbocycles. The molecule has 31 heavy (non-hydrogen) atoms. The van der Waals surface area contributed by atoms with E-state index in [2.05, 4.69) is 49.7 Å². The summed E-state index contributed by atoms with van der Waals surface area (Å²) < 4.78 is 11.0. The Morgan fingerprint density at radius 2 is 1.97 bits per heavy atom. The zero-order valence-corrected chi connectivity index (χ0v) is 19.2. The van der Waals surface area contributed by atoms with Gasteiger partial charge in [-0.2, -0.15) is 0 Å². The Hall–Kier alpha value is -2.80. The molecule has 4 heteroatoms. The average Bonchev–Trinajstić information content (AvgIpc) is 2.81. The number of fused-ring (bicyclic) bond motifs is 1. The molecule has 0 bridgehead atoms. The van der Waals surface area contributed by atoms with E-state index in [0.29, 0.717) is 19.4 Å². The summed E-state index contributed by atoms with van der Waals surface area (Å²) in [5.41, 5.74) is 5.48. The highest BCUT2D eigenvalue weighted by molar-refractivity contribution is 5.69. The molecule has 2 aromatic rings. The molecule has 0 spiro atoms. The molecule has 1 aliphatic rings. The Morgan fingerprint density at radius 3 is 2.61 bits per heavy atom. The molecule has 0 fully saturated rings. The Balaban J connectivity index is 1.83. The van der Waals surface area contributed by atoms with Gasteiger partial charge in [-0.25, -0.2) is 4.98 Å². The minimum Gasteiger partial charge on any atom is -0.493 e. The molecule has 0 N–H and O–H groups in total. The molecule has 164 valence electrons. The summed E-state index contributed by atoms with van der Waals surface area (Å²) in [5.74, 6) is 7.44. The number of nitrogens with zero attached hydrogens (tertiary/aromatic N) is 1. The van der Waals surface area contributed by atoms with Gasteiger partial charge in [-0.15, -0.1) is 0 Å². The maximum Gasteiger partial charge on any atom is 0.306 e. The first-order valence-corrected chi connectivity index (χ1v) is 11.5. The van der Waals surface area contributed by atoms with E-state index in [9.17, 15) is 4.79 Å². The molecule has 0 atom stereocenters. The topological polar surface area (TPSA) is 48.4 Å². The van der Waals surface area contributed by atoms with Gasteiger partial charge >= 0.3 is 5.97 Å². The number of carbonyl (C=O) groups is 1. The van der Waals surface area contributed by atoms with Crippen molar-refractivity contribution < 1.29 is 14.3 Å². The fourth-order valence-corrected chi connectivity index (χ4v) is 4.30. The lowest BCUT2D eigenvalue weighted by molar-refractivity contribution is -0.143. The lowest BCUT2D eigenvalue weighted by atomic mass is 9.71. The van der Waals surface area contributed by atoms with Gasteiger partial charge in [-0.3, -0.25) is 4.79 Å². The first-order chi connectivity index (χ1) is 15.0. The highest BCUT2D eigenvalue weighted by atomic mass is 16.5. The molecule has 4 nitrogen and oxygen atoms in total. The fraction of sp³-hybridized carbons (Fsp3) is 0.481. The number of hydrogen-bond acceptors (Lipinski definition) is 4. The molecule has 0 aliphatic carbocycles. The minimum atomic E-state index is -0.176. The molecule has 2 heterocycles. The third kappa shape index (κ3) is 5.28. The van der Waals surface area contributed by atoms with E-state index in [-0.39, 0.29) is 11.4 Å². The van der Waals surface area contributed by atoms with Crippen molar-refractivity contribution in [2.24, 2.45) is 0 Å². The summed E-state index contributed by atoms with van der Waals surface area (Å²) in [6, 6.07) is 8.34. The van der Waals surface area contributed by atoms with Crippen molar-refractivity contribution in [1.82, 2.24) is 4.98 Å². The summed E-state index contributed by atoms with van der Waals surface area (Å²) in [7, 11) is 0. The summed E-state index contributed by atoms with van der Waals surface area (Å²) in [5, 5.41) is 0.